The van der Waals surface area contributed by atoms with Crippen LogP contribution in [0.4, 0.5) is 5.69 Å². The van der Waals surface area contributed by atoms with Gasteiger partial charge in [-0.2, -0.15) is 5.10 Å². The van der Waals surface area contributed by atoms with Crippen LogP contribution in [0, 0.1) is 24.0 Å². The maximum atomic E-state index is 12.0. The molecule has 0 saturated carbocycles. The second kappa shape index (κ2) is 9.14. The Labute approximate surface area is 176 Å². The molecule has 1 amide bonds. The van der Waals surface area contributed by atoms with Gasteiger partial charge in [-0.15, -0.1) is 0 Å². The lowest BCUT2D eigenvalue weighted by molar-refractivity contribution is -0.387. The summed E-state index contributed by atoms with van der Waals surface area (Å²) in [6, 6.07) is 12.4. The fourth-order valence-corrected chi connectivity index (χ4v) is 3.52. The molecule has 30 heavy (non-hydrogen) atoms. The second-order valence-corrected chi connectivity index (χ2v) is 7.24. The number of hydrazone groups is 1. The van der Waals surface area contributed by atoms with Crippen molar-refractivity contribution in [3.8, 4) is 5.75 Å². The lowest BCUT2D eigenvalue weighted by atomic mass is 10.2. The monoisotopic (exact) mass is 423 g/mol. The Hall–Kier alpha value is -3.79. The van der Waals surface area contributed by atoms with E-state index in [0.29, 0.717) is 15.6 Å². The third kappa shape index (κ3) is 5.17. The molecule has 3 aromatic rings. The quantitative estimate of drug-likeness (QED) is 0.268. The minimum atomic E-state index is -0.599. The molecule has 0 fully saturated rings. The number of benzene rings is 2. The number of para-hydroxylation sites is 1. The number of phenolic OH excluding ortho intramolecular Hbond substituents is 1. The highest BCUT2D eigenvalue weighted by molar-refractivity contribution is 7.99. The van der Waals surface area contributed by atoms with Crippen molar-refractivity contribution in [3.05, 3.63) is 81.2 Å². The summed E-state index contributed by atoms with van der Waals surface area (Å²) in [5.41, 5.74) is 4.19. The number of rotatable bonds is 6. The van der Waals surface area contributed by atoms with E-state index in [0.717, 1.165) is 23.1 Å². The normalized spacial score (nSPS) is 10.9. The van der Waals surface area contributed by atoms with Crippen molar-refractivity contribution < 1.29 is 14.8 Å². The number of aromatic nitrogens is 2. The van der Waals surface area contributed by atoms with Crippen LogP contribution < -0.4 is 5.43 Å². The summed E-state index contributed by atoms with van der Waals surface area (Å²) >= 11 is 1.10. The van der Waals surface area contributed by atoms with Crippen molar-refractivity contribution in [3.63, 3.8) is 0 Å². The summed E-state index contributed by atoms with van der Waals surface area (Å²) in [7, 11) is 0. The molecule has 0 aliphatic rings. The highest BCUT2D eigenvalue weighted by Crippen LogP contribution is 2.33. The molecule has 0 unspecified atom stereocenters. The largest absolute Gasteiger partial charge is 0.507 e. The van der Waals surface area contributed by atoms with Gasteiger partial charge in [-0.25, -0.2) is 15.4 Å². The molecule has 0 bridgehead atoms. The van der Waals surface area contributed by atoms with Gasteiger partial charge in [0.2, 0.25) is 0 Å². The van der Waals surface area contributed by atoms with Crippen LogP contribution >= 0.6 is 11.8 Å². The number of carbonyl (C=O) groups is 1. The number of hydrogen-bond acceptors (Lipinski definition) is 8. The molecule has 1 heterocycles. The Kier molecular flexibility index (Phi) is 6.38. The van der Waals surface area contributed by atoms with Crippen molar-refractivity contribution in [1.82, 2.24) is 15.4 Å². The van der Waals surface area contributed by atoms with Gasteiger partial charge in [0, 0.05) is 23.0 Å². The second-order valence-electron chi connectivity index (χ2n) is 6.24. The lowest BCUT2D eigenvalue weighted by Gasteiger charge is -2.05. The van der Waals surface area contributed by atoms with Crippen molar-refractivity contribution in [1.29, 1.82) is 0 Å². The Morgan fingerprint density at radius 1 is 1.17 bits per heavy atom. The van der Waals surface area contributed by atoms with Crippen molar-refractivity contribution >= 4 is 29.6 Å². The van der Waals surface area contributed by atoms with Crippen LogP contribution in [0.2, 0.25) is 0 Å². The van der Waals surface area contributed by atoms with Crippen LogP contribution in [0.15, 0.2) is 63.7 Å². The van der Waals surface area contributed by atoms with Crippen LogP contribution in [-0.2, 0) is 0 Å². The SMILES string of the molecule is Cc1cc(C)nc(Sc2ccc(/C=N/NC(=O)c3ccccc3O)cc2[N+](=O)[O-])n1. The maximum Gasteiger partial charge on any atom is 0.283 e. The molecule has 2 N–H and O–H groups in total. The highest BCUT2D eigenvalue weighted by atomic mass is 32.2. The van der Waals surface area contributed by atoms with E-state index in [4.69, 9.17) is 0 Å². The van der Waals surface area contributed by atoms with Gasteiger partial charge in [-0.05, 0) is 49.9 Å². The van der Waals surface area contributed by atoms with Gasteiger partial charge in [-0.3, -0.25) is 14.9 Å². The fraction of sp³-hybridized carbons (Fsp3) is 0.100. The number of aryl methyl sites for hydroxylation is 2. The van der Waals surface area contributed by atoms with Crippen LogP contribution in [0.3, 0.4) is 0 Å². The van der Waals surface area contributed by atoms with Crippen LogP contribution in [0.25, 0.3) is 0 Å². The molecular formula is C20H17N5O4S. The summed E-state index contributed by atoms with van der Waals surface area (Å²) in [6.45, 7) is 3.66. The third-order valence-corrected chi connectivity index (χ3v) is 4.80. The van der Waals surface area contributed by atoms with E-state index in [9.17, 15) is 20.0 Å². The standard InChI is InChI=1S/C20H17N5O4S/c1-12-9-13(2)23-20(22-12)30-18-8-7-14(10-16(18)25(28)29)11-21-24-19(27)15-5-3-4-6-17(15)26/h3-11,26H,1-2H3,(H,24,27)/b21-11+. The van der Waals surface area contributed by atoms with Crippen molar-refractivity contribution in [2.75, 3.05) is 0 Å². The smallest absolute Gasteiger partial charge is 0.283 e. The van der Waals surface area contributed by atoms with Gasteiger partial charge >= 0.3 is 0 Å². The summed E-state index contributed by atoms with van der Waals surface area (Å²) in [4.78, 5) is 32.0. The van der Waals surface area contributed by atoms with Crippen LogP contribution in [0.1, 0.15) is 27.3 Å². The molecular weight excluding hydrogens is 406 g/mol. The van der Waals surface area contributed by atoms with Gasteiger partial charge < -0.3 is 5.11 Å². The van der Waals surface area contributed by atoms with E-state index in [1.54, 1.807) is 24.3 Å². The lowest BCUT2D eigenvalue weighted by Crippen LogP contribution is -2.17. The summed E-state index contributed by atoms with van der Waals surface area (Å²) in [6.07, 6.45) is 1.28. The Morgan fingerprint density at radius 3 is 2.53 bits per heavy atom. The first-order valence-corrected chi connectivity index (χ1v) is 9.55. The van der Waals surface area contributed by atoms with Crippen LogP contribution in [0.5, 0.6) is 5.75 Å². The molecule has 0 radical (unpaired) electrons. The molecule has 10 heteroatoms. The maximum absolute atomic E-state index is 12.0. The number of amides is 1. The first-order chi connectivity index (χ1) is 14.3. The molecule has 0 atom stereocenters. The minimum Gasteiger partial charge on any atom is -0.507 e. The molecule has 0 spiro atoms. The topological polar surface area (TPSA) is 131 Å². The van der Waals surface area contributed by atoms with Crippen molar-refractivity contribution in [2.45, 2.75) is 23.9 Å². The molecule has 3 rings (SSSR count). The molecule has 0 aliphatic carbocycles. The molecule has 0 aliphatic heterocycles. The molecule has 2 aromatic carbocycles. The van der Waals surface area contributed by atoms with E-state index in [1.807, 2.05) is 19.9 Å². The Morgan fingerprint density at radius 2 is 1.87 bits per heavy atom. The van der Waals surface area contributed by atoms with E-state index in [-0.39, 0.29) is 17.0 Å². The van der Waals surface area contributed by atoms with Gasteiger partial charge in [0.25, 0.3) is 11.6 Å². The van der Waals surface area contributed by atoms with Gasteiger partial charge in [0.05, 0.1) is 21.6 Å². The average molecular weight is 423 g/mol. The molecule has 0 saturated heterocycles. The molecule has 9 nitrogen and oxygen atoms in total. The summed E-state index contributed by atoms with van der Waals surface area (Å²) < 4.78 is 0. The van der Waals surface area contributed by atoms with Gasteiger partial charge in [0.15, 0.2) is 5.16 Å². The predicted octanol–water partition coefficient (Wildman–Crippen LogP) is 3.62. The highest BCUT2D eigenvalue weighted by Gasteiger charge is 2.17. The zero-order valence-electron chi connectivity index (χ0n) is 16.1. The minimum absolute atomic E-state index is 0.0702. The number of carbonyl (C=O) groups excluding carboxylic acids is 1. The Balaban J connectivity index is 1.77. The number of nitrogens with one attached hydrogen (secondary N) is 1. The van der Waals surface area contributed by atoms with E-state index in [1.165, 1.54) is 24.4 Å². The van der Waals surface area contributed by atoms with E-state index in [2.05, 4.69) is 20.5 Å². The number of nitro groups is 1. The average Bonchev–Trinajstić information content (AvgIpc) is 2.68. The number of phenols is 1. The van der Waals surface area contributed by atoms with Gasteiger partial charge in [0.1, 0.15) is 5.75 Å². The molecule has 1 aromatic heterocycles. The number of hydrogen-bond donors (Lipinski definition) is 2. The number of nitro benzene ring substituents is 1. The van der Waals surface area contributed by atoms with Crippen molar-refractivity contribution in [2.24, 2.45) is 5.10 Å². The molecule has 152 valence electrons. The number of aromatic hydroxyl groups is 1. The Bertz CT molecular complexity index is 1130. The van der Waals surface area contributed by atoms with E-state index < -0.39 is 10.8 Å². The van der Waals surface area contributed by atoms with Gasteiger partial charge in [-0.1, -0.05) is 18.2 Å². The first kappa shape index (κ1) is 20.9. The van der Waals surface area contributed by atoms with E-state index >= 15 is 0 Å². The summed E-state index contributed by atoms with van der Waals surface area (Å²) in [5, 5.41) is 25.4. The third-order valence-electron chi connectivity index (χ3n) is 3.87. The number of nitrogens with zero attached hydrogens (tertiary/aromatic N) is 4. The summed E-state index contributed by atoms with van der Waals surface area (Å²) in [5.74, 6) is -0.770. The zero-order valence-corrected chi connectivity index (χ0v) is 16.9. The fourth-order valence-electron chi connectivity index (χ4n) is 2.57. The predicted molar refractivity (Wildman–Crippen MR) is 112 cm³/mol. The van der Waals surface area contributed by atoms with Crippen LogP contribution in [-0.4, -0.2) is 32.1 Å². The zero-order chi connectivity index (χ0) is 21.7. The first-order valence-electron chi connectivity index (χ1n) is 8.73.